The van der Waals surface area contributed by atoms with Crippen LogP contribution in [-0.2, 0) is 4.79 Å². The molecule has 0 unspecified atom stereocenters. The molecular weight excluding hydrogens is 360 g/mol. The zero-order chi connectivity index (χ0) is 19.1. The second-order valence-corrected chi connectivity index (χ2v) is 7.98. The zero-order valence-electron chi connectivity index (χ0n) is 16.1. The van der Waals surface area contributed by atoms with Gasteiger partial charge in [-0.05, 0) is 50.5 Å². The molecule has 0 saturated heterocycles. The van der Waals surface area contributed by atoms with Crippen molar-refractivity contribution in [2.24, 2.45) is 0 Å². The molecule has 27 heavy (non-hydrogen) atoms. The lowest BCUT2D eigenvalue weighted by Gasteiger charge is -2.22. The smallest absolute Gasteiger partial charge is 0.220 e. The van der Waals surface area contributed by atoms with E-state index in [0.717, 1.165) is 47.4 Å². The molecule has 1 aromatic carbocycles. The van der Waals surface area contributed by atoms with Crippen molar-refractivity contribution < 1.29 is 9.53 Å². The Morgan fingerprint density at radius 2 is 1.96 bits per heavy atom. The SMILES string of the molecule is COc1ccc(-n2c(C)nnc2SCCCC(=O)NC2CCCCC2)cc1. The Labute approximate surface area is 165 Å². The number of benzene rings is 1. The molecular formula is C20H28N4O2S. The Kier molecular flexibility index (Phi) is 7.15. The first-order valence-electron chi connectivity index (χ1n) is 9.66. The number of aromatic nitrogens is 3. The van der Waals surface area contributed by atoms with Crippen molar-refractivity contribution in [2.45, 2.75) is 63.1 Å². The van der Waals surface area contributed by atoms with Crippen LogP contribution in [0.4, 0.5) is 0 Å². The fourth-order valence-corrected chi connectivity index (χ4v) is 4.34. The van der Waals surface area contributed by atoms with Gasteiger partial charge in [-0.15, -0.1) is 10.2 Å². The number of ether oxygens (including phenoxy) is 1. The lowest BCUT2D eigenvalue weighted by molar-refractivity contribution is -0.122. The standard InChI is InChI=1S/C20H28N4O2S/c1-15-22-23-20(24(15)17-10-12-18(26-2)13-11-17)27-14-6-9-19(25)21-16-7-4-3-5-8-16/h10-13,16H,3-9,14H2,1-2H3,(H,21,25). The summed E-state index contributed by atoms with van der Waals surface area (Å²) in [5, 5.41) is 12.5. The number of nitrogens with zero attached hydrogens (tertiary/aromatic N) is 3. The molecule has 1 N–H and O–H groups in total. The lowest BCUT2D eigenvalue weighted by atomic mass is 9.95. The number of carbonyl (C=O) groups is 1. The maximum atomic E-state index is 12.1. The van der Waals surface area contributed by atoms with Crippen molar-refractivity contribution in [2.75, 3.05) is 12.9 Å². The van der Waals surface area contributed by atoms with E-state index in [1.807, 2.05) is 35.8 Å². The van der Waals surface area contributed by atoms with Gasteiger partial charge in [0.25, 0.3) is 0 Å². The van der Waals surface area contributed by atoms with Gasteiger partial charge in [-0.3, -0.25) is 9.36 Å². The third-order valence-electron chi connectivity index (χ3n) is 4.88. The normalized spacial score (nSPS) is 14.9. The highest BCUT2D eigenvalue weighted by Crippen LogP contribution is 2.24. The second kappa shape index (κ2) is 9.78. The first-order valence-corrected chi connectivity index (χ1v) is 10.6. The molecule has 1 aliphatic rings. The van der Waals surface area contributed by atoms with E-state index in [-0.39, 0.29) is 5.91 Å². The maximum absolute atomic E-state index is 12.1. The van der Waals surface area contributed by atoms with Crippen LogP contribution in [0.25, 0.3) is 5.69 Å². The minimum Gasteiger partial charge on any atom is -0.497 e. The van der Waals surface area contributed by atoms with Crippen molar-refractivity contribution >= 4 is 17.7 Å². The van der Waals surface area contributed by atoms with Crippen LogP contribution in [0.15, 0.2) is 29.4 Å². The van der Waals surface area contributed by atoms with E-state index in [9.17, 15) is 4.79 Å². The maximum Gasteiger partial charge on any atom is 0.220 e. The van der Waals surface area contributed by atoms with Gasteiger partial charge in [0.05, 0.1) is 7.11 Å². The van der Waals surface area contributed by atoms with E-state index in [0.29, 0.717) is 12.5 Å². The fraction of sp³-hybridized carbons (Fsp3) is 0.550. The summed E-state index contributed by atoms with van der Waals surface area (Å²) in [4.78, 5) is 12.1. The minimum atomic E-state index is 0.176. The van der Waals surface area contributed by atoms with Crippen LogP contribution < -0.4 is 10.1 Å². The summed E-state index contributed by atoms with van der Waals surface area (Å²) in [7, 11) is 1.66. The zero-order valence-corrected chi connectivity index (χ0v) is 16.9. The predicted octanol–water partition coefficient (Wildman–Crippen LogP) is 3.91. The third-order valence-corrected chi connectivity index (χ3v) is 5.89. The Morgan fingerprint density at radius 3 is 2.67 bits per heavy atom. The molecule has 2 aromatic rings. The molecule has 1 amide bonds. The molecule has 1 aliphatic carbocycles. The number of rotatable bonds is 8. The quantitative estimate of drug-likeness (QED) is 0.548. The van der Waals surface area contributed by atoms with Gasteiger partial charge >= 0.3 is 0 Å². The van der Waals surface area contributed by atoms with Crippen LogP contribution in [-0.4, -0.2) is 39.6 Å². The first-order chi connectivity index (χ1) is 13.2. The van der Waals surface area contributed by atoms with Crippen LogP contribution >= 0.6 is 11.8 Å². The average molecular weight is 389 g/mol. The Morgan fingerprint density at radius 1 is 1.22 bits per heavy atom. The molecule has 1 fully saturated rings. The molecule has 1 heterocycles. The number of thioether (sulfide) groups is 1. The summed E-state index contributed by atoms with van der Waals surface area (Å²) in [6.45, 7) is 1.94. The van der Waals surface area contributed by atoms with Crippen LogP contribution in [0.3, 0.4) is 0 Å². The molecule has 0 bridgehead atoms. The van der Waals surface area contributed by atoms with E-state index < -0.39 is 0 Å². The van der Waals surface area contributed by atoms with Crippen molar-refractivity contribution in [3.05, 3.63) is 30.1 Å². The number of hydrogen-bond acceptors (Lipinski definition) is 5. The van der Waals surface area contributed by atoms with Crippen molar-refractivity contribution in [1.82, 2.24) is 20.1 Å². The monoisotopic (exact) mass is 388 g/mol. The van der Waals surface area contributed by atoms with Crippen LogP contribution in [0.1, 0.15) is 50.8 Å². The summed E-state index contributed by atoms with van der Waals surface area (Å²) in [6, 6.07) is 8.24. The number of hydrogen-bond donors (Lipinski definition) is 1. The molecule has 6 nitrogen and oxygen atoms in total. The fourth-order valence-electron chi connectivity index (χ4n) is 3.41. The van der Waals surface area contributed by atoms with E-state index in [1.54, 1.807) is 18.9 Å². The molecule has 7 heteroatoms. The summed E-state index contributed by atoms with van der Waals surface area (Å²) in [5.41, 5.74) is 1.01. The first kappa shape index (κ1) is 19.7. The predicted molar refractivity (Wildman–Crippen MR) is 108 cm³/mol. The number of methoxy groups -OCH3 is 1. The summed E-state index contributed by atoms with van der Waals surface area (Å²) in [5.74, 6) is 2.68. The van der Waals surface area contributed by atoms with Gasteiger partial charge in [0.1, 0.15) is 11.6 Å². The molecule has 1 aromatic heterocycles. The van der Waals surface area contributed by atoms with Gasteiger partial charge < -0.3 is 10.1 Å². The highest BCUT2D eigenvalue weighted by Gasteiger charge is 2.16. The Hall–Kier alpha value is -2.02. The highest BCUT2D eigenvalue weighted by atomic mass is 32.2. The van der Waals surface area contributed by atoms with E-state index in [4.69, 9.17) is 4.74 Å². The van der Waals surface area contributed by atoms with Gasteiger partial charge in [0.2, 0.25) is 5.91 Å². The number of carbonyl (C=O) groups excluding carboxylic acids is 1. The van der Waals surface area contributed by atoms with Crippen LogP contribution in [0.5, 0.6) is 5.75 Å². The number of aryl methyl sites for hydroxylation is 1. The van der Waals surface area contributed by atoms with E-state index >= 15 is 0 Å². The van der Waals surface area contributed by atoms with E-state index in [2.05, 4.69) is 15.5 Å². The largest absolute Gasteiger partial charge is 0.497 e. The molecule has 1 saturated carbocycles. The van der Waals surface area contributed by atoms with Crippen molar-refractivity contribution in [3.63, 3.8) is 0 Å². The van der Waals surface area contributed by atoms with Crippen LogP contribution in [0, 0.1) is 6.92 Å². The molecule has 0 radical (unpaired) electrons. The van der Waals surface area contributed by atoms with E-state index in [1.165, 1.54) is 19.3 Å². The lowest BCUT2D eigenvalue weighted by Crippen LogP contribution is -2.36. The molecule has 3 rings (SSSR count). The van der Waals surface area contributed by atoms with Crippen molar-refractivity contribution in [1.29, 1.82) is 0 Å². The van der Waals surface area contributed by atoms with Gasteiger partial charge in [0.15, 0.2) is 5.16 Å². The third kappa shape index (κ3) is 5.48. The van der Waals surface area contributed by atoms with Crippen molar-refractivity contribution in [3.8, 4) is 11.4 Å². The van der Waals surface area contributed by atoms with Gasteiger partial charge in [0, 0.05) is 23.9 Å². The van der Waals surface area contributed by atoms with Crippen LogP contribution in [0.2, 0.25) is 0 Å². The van der Waals surface area contributed by atoms with Gasteiger partial charge in [-0.1, -0.05) is 31.0 Å². The highest BCUT2D eigenvalue weighted by molar-refractivity contribution is 7.99. The molecule has 0 spiro atoms. The second-order valence-electron chi connectivity index (χ2n) is 6.92. The summed E-state index contributed by atoms with van der Waals surface area (Å²) < 4.78 is 7.25. The molecule has 146 valence electrons. The summed E-state index contributed by atoms with van der Waals surface area (Å²) in [6.07, 6.45) is 7.44. The van der Waals surface area contributed by atoms with Gasteiger partial charge in [-0.25, -0.2) is 0 Å². The minimum absolute atomic E-state index is 0.176. The molecule has 0 aliphatic heterocycles. The number of amides is 1. The topological polar surface area (TPSA) is 69.0 Å². The average Bonchev–Trinajstić information content (AvgIpc) is 3.06. The Balaban J connectivity index is 1.49. The number of nitrogens with one attached hydrogen (secondary N) is 1. The molecule has 0 atom stereocenters. The summed E-state index contributed by atoms with van der Waals surface area (Å²) >= 11 is 1.64. The Bertz CT molecular complexity index is 739. The van der Waals surface area contributed by atoms with Gasteiger partial charge in [-0.2, -0.15) is 0 Å².